The van der Waals surface area contributed by atoms with Crippen LogP contribution in [-0.4, -0.2) is 33.2 Å². The van der Waals surface area contributed by atoms with Crippen LogP contribution in [0.2, 0.25) is 5.02 Å². The summed E-state index contributed by atoms with van der Waals surface area (Å²) in [5.74, 6) is 0.638. The van der Waals surface area contributed by atoms with Crippen molar-refractivity contribution < 1.29 is 9.53 Å². The number of methoxy groups -OCH3 is 1. The summed E-state index contributed by atoms with van der Waals surface area (Å²) in [7, 11) is 3.41. The number of nitrogens with one attached hydrogen (secondary N) is 2. The van der Waals surface area contributed by atoms with Crippen LogP contribution in [0.4, 0.5) is 0 Å². The van der Waals surface area contributed by atoms with Gasteiger partial charge in [-0.25, -0.2) is 0 Å². The molecule has 1 aromatic rings. The Bertz CT molecular complexity index is 386. The molecule has 0 aliphatic carbocycles. The summed E-state index contributed by atoms with van der Waals surface area (Å²) in [6, 6.07) is 5.25. The molecule has 0 radical (unpaired) electrons. The maximum Gasteiger partial charge on any atom is 0.224 e. The number of likely N-dealkylation sites (N-methyl/N-ethyl adjacent to an activating group) is 1. The predicted molar refractivity (Wildman–Crippen MR) is 75.9 cm³/mol. The Morgan fingerprint density at radius 1 is 1.39 bits per heavy atom. The zero-order valence-corrected chi connectivity index (χ0v) is 12.0. The van der Waals surface area contributed by atoms with Gasteiger partial charge in [-0.2, -0.15) is 0 Å². The summed E-state index contributed by atoms with van der Waals surface area (Å²) < 4.78 is 5.18. The van der Waals surface area contributed by atoms with Crippen LogP contribution in [0.25, 0.3) is 0 Å². The second kappa shape index (κ2) is 9.03. The first-order valence-corrected chi connectivity index (χ1v) is 5.79. The first-order chi connectivity index (χ1) is 8.17. The lowest BCUT2D eigenvalue weighted by molar-refractivity contribution is -0.120. The van der Waals surface area contributed by atoms with Crippen molar-refractivity contribution >= 4 is 29.9 Å². The molecule has 0 bridgehead atoms. The topological polar surface area (TPSA) is 50.4 Å². The highest BCUT2D eigenvalue weighted by molar-refractivity contribution is 6.30. The van der Waals surface area contributed by atoms with Crippen LogP contribution < -0.4 is 15.4 Å². The fourth-order valence-electron chi connectivity index (χ4n) is 1.45. The highest BCUT2D eigenvalue weighted by Gasteiger charge is 2.08. The van der Waals surface area contributed by atoms with Crippen molar-refractivity contribution in [3.05, 3.63) is 28.8 Å². The largest absolute Gasteiger partial charge is 0.496 e. The number of carbonyl (C=O) groups is 1. The van der Waals surface area contributed by atoms with Crippen LogP contribution >= 0.6 is 24.0 Å². The van der Waals surface area contributed by atoms with Crippen molar-refractivity contribution in [3.63, 3.8) is 0 Å². The average molecular weight is 293 g/mol. The van der Waals surface area contributed by atoms with E-state index < -0.39 is 0 Å². The first-order valence-electron chi connectivity index (χ1n) is 5.41. The molecule has 0 aromatic heterocycles. The van der Waals surface area contributed by atoms with Crippen molar-refractivity contribution in [2.24, 2.45) is 0 Å². The van der Waals surface area contributed by atoms with Crippen molar-refractivity contribution in [2.45, 2.75) is 6.42 Å². The van der Waals surface area contributed by atoms with Gasteiger partial charge in [0.25, 0.3) is 0 Å². The van der Waals surface area contributed by atoms with Gasteiger partial charge in [-0.05, 0) is 25.2 Å². The van der Waals surface area contributed by atoms with Gasteiger partial charge in [0, 0.05) is 23.7 Å². The molecular weight excluding hydrogens is 275 g/mol. The molecule has 4 nitrogen and oxygen atoms in total. The highest BCUT2D eigenvalue weighted by atomic mass is 35.5. The number of benzene rings is 1. The third-order valence-corrected chi connectivity index (χ3v) is 2.53. The van der Waals surface area contributed by atoms with Gasteiger partial charge >= 0.3 is 0 Å². The second-order valence-electron chi connectivity index (χ2n) is 3.59. The van der Waals surface area contributed by atoms with E-state index in [2.05, 4.69) is 10.6 Å². The van der Waals surface area contributed by atoms with Crippen LogP contribution in [0.15, 0.2) is 18.2 Å². The van der Waals surface area contributed by atoms with E-state index >= 15 is 0 Å². The molecule has 102 valence electrons. The minimum atomic E-state index is -0.0409. The third kappa shape index (κ3) is 5.58. The molecule has 0 fully saturated rings. The van der Waals surface area contributed by atoms with Crippen molar-refractivity contribution in [3.8, 4) is 5.75 Å². The summed E-state index contributed by atoms with van der Waals surface area (Å²) in [5.41, 5.74) is 0.793. The van der Waals surface area contributed by atoms with Crippen LogP contribution in [0.1, 0.15) is 5.56 Å². The second-order valence-corrected chi connectivity index (χ2v) is 4.02. The zero-order valence-electron chi connectivity index (χ0n) is 10.5. The number of amides is 1. The molecule has 2 N–H and O–H groups in total. The molecule has 0 spiro atoms. The third-order valence-electron chi connectivity index (χ3n) is 2.29. The molecule has 0 unspecified atom stereocenters. The van der Waals surface area contributed by atoms with Gasteiger partial charge in [0.05, 0.1) is 13.5 Å². The minimum absolute atomic E-state index is 0. The quantitative estimate of drug-likeness (QED) is 0.784. The van der Waals surface area contributed by atoms with Gasteiger partial charge in [-0.3, -0.25) is 4.79 Å². The normalized spacial score (nSPS) is 9.50. The molecule has 0 heterocycles. The number of hydrogen-bond acceptors (Lipinski definition) is 3. The average Bonchev–Trinajstić information content (AvgIpc) is 2.29. The summed E-state index contributed by atoms with van der Waals surface area (Å²) in [4.78, 5) is 11.6. The Balaban J connectivity index is 0.00000289. The minimum Gasteiger partial charge on any atom is -0.496 e. The molecule has 0 saturated heterocycles. The Hall–Kier alpha value is -0.970. The molecule has 1 aromatic carbocycles. The van der Waals surface area contributed by atoms with E-state index in [0.717, 1.165) is 12.1 Å². The number of ether oxygens (including phenoxy) is 1. The van der Waals surface area contributed by atoms with E-state index in [1.54, 1.807) is 25.3 Å². The van der Waals surface area contributed by atoms with E-state index in [4.69, 9.17) is 16.3 Å². The lowest BCUT2D eigenvalue weighted by atomic mass is 10.1. The molecular formula is C12H18Cl2N2O2. The van der Waals surface area contributed by atoms with Crippen LogP contribution in [0, 0.1) is 0 Å². The smallest absolute Gasteiger partial charge is 0.224 e. The molecule has 18 heavy (non-hydrogen) atoms. The van der Waals surface area contributed by atoms with E-state index in [-0.39, 0.29) is 24.7 Å². The number of hydrogen-bond donors (Lipinski definition) is 2. The van der Waals surface area contributed by atoms with E-state index in [0.29, 0.717) is 17.3 Å². The molecule has 0 atom stereocenters. The fraction of sp³-hybridized carbons (Fsp3) is 0.417. The van der Waals surface area contributed by atoms with E-state index in [9.17, 15) is 4.79 Å². The van der Waals surface area contributed by atoms with Crippen molar-refractivity contribution in [1.29, 1.82) is 0 Å². The Labute approximate surface area is 118 Å². The molecule has 0 aliphatic rings. The molecule has 1 amide bonds. The monoisotopic (exact) mass is 292 g/mol. The van der Waals surface area contributed by atoms with Crippen LogP contribution in [-0.2, 0) is 11.2 Å². The maximum absolute atomic E-state index is 11.6. The molecule has 6 heteroatoms. The maximum atomic E-state index is 11.6. The van der Waals surface area contributed by atoms with Gasteiger partial charge in [0.15, 0.2) is 0 Å². The van der Waals surface area contributed by atoms with Crippen molar-refractivity contribution in [2.75, 3.05) is 27.2 Å². The summed E-state index contributed by atoms with van der Waals surface area (Å²) in [5, 5.41) is 6.36. The van der Waals surface area contributed by atoms with Gasteiger partial charge in [0.2, 0.25) is 5.91 Å². The molecule has 1 rings (SSSR count). The van der Waals surface area contributed by atoms with Gasteiger partial charge < -0.3 is 15.4 Å². The number of halogens is 2. The fourth-order valence-corrected chi connectivity index (χ4v) is 1.64. The predicted octanol–water partition coefficient (Wildman–Crippen LogP) is 1.65. The van der Waals surface area contributed by atoms with Gasteiger partial charge in [-0.15, -0.1) is 12.4 Å². The Morgan fingerprint density at radius 3 is 2.72 bits per heavy atom. The highest BCUT2D eigenvalue weighted by Crippen LogP contribution is 2.22. The van der Waals surface area contributed by atoms with Crippen molar-refractivity contribution in [1.82, 2.24) is 10.6 Å². The molecule has 0 aliphatic heterocycles. The summed E-state index contributed by atoms with van der Waals surface area (Å²) in [6.07, 6.45) is 0.271. The summed E-state index contributed by atoms with van der Waals surface area (Å²) in [6.45, 7) is 1.36. The Morgan fingerprint density at radius 2 is 2.11 bits per heavy atom. The number of rotatable bonds is 6. The number of carbonyl (C=O) groups excluding carboxylic acids is 1. The van der Waals surface area contributed by atoms with E-state index in [1.807, 2.05) is 7.05 Å². The Kier molecular flexibility index (Phi) is 8.54. The van der Waals surface area contributed by atoms with Crippen LogP contribution in [0.3, 0.4) is 0 Å². The molecule has 0 saturated carbocycles. The van der Waals surface area contributed by atoms with Gasteiger partial charge in [0.1, 0.15) is 5.75 Å². The standard InChI is InChI=1S/C12H17ClN2O2.ClH/c1-14-5-6-15-12(16)8-9-7-10(13)3-4-11(9)17-2;/h3-4,7,14H,5-6,8H2,1-2H3,(H,15,16);1H. The first kappa shape index (κ1) is 17.0. The van der Waals surface area contributed by atoms with E-state index in [1.165, 1.54) is 0 Å². The van der Waals surface area contributed by atoms with Gasteiger partial charge in [-0.1, -0.05) is 11.6 Å². The van der Waals surface area contributed by atoms with Crippen LogP contribution in [0.5, 0.6) is 5.75 Å². The zero-order chi connectivity index (χ0) is 12.7. The SMILES string of the molecule is CNCCNC(=O)Cc1cc(Cl)ccc1OC.Cl. The lowest BCUT2D eigenvalue weighted by Crippen LogP contribution is -2.31. The lowest BCUT2D eigenvalue weighted by Gasteiger charge is -2.09. The summed E-state index contributed by atoms with van der Waals surface area (Å²) >= 11 is 5.89.